The van der Waals surface area contributed by atoms with Gasteiger partial charge in [-0.1, -0.05) is 50.8 Å². The fourth-order valence-electron chi connectivity index (χ4n) is 1.98. The Balaban J connectivity index is 2.32. The zero-order valence-corrected chi connectivity index (χ0v) is 11.6. The van der Waals surface area contributed by atoms with E-state index >= 15 is 0 Å². The van der Waals surface area contributed by atoms with Crippen LogP contribution >= 0.6 is 0 Å². The molecule has 1 rings (SSSR count). The van der Waals surface area contributed by atoms with E-state index in [0.717, 1.165) is 23.1 Å². The quantitative estimate of drug-likeness (QED) is 0.220. The Morgan fingerprint density at radius 2 is 1.78 bits per heavy atom. The summed E-state index contributed by atoms with van der Waals surface area (Å²) >= 11 is 0. The third-order valence-corrected chi connectivity index (χ3v) is 3.24. The molecule has 0 saturated heterocycles. The zero-order chi connectivity index (χ0) is 13.2. The van der Waals surface area contributed by atoms with Crippen molar-refractivity contribution in [3.05, 3.63) is 41.1 Å². The molecular formula is C16H25NO. The molecule has 0 saturated carbocycles. The molecule has 0 bridgehead atoms. The van der Waals surface area contributed by atoms with Crippen molar-refractivity contribution >= 4 is 6.21 Å². The van der Waals surface area contributed by atoms with Gasteiger partial charge in [-0.15, -0.1) is 0 Å². The van der Waals surface area contributed by atoms with Crippen molar-refractivity contribution in [2.75, 3.05) is 0 Å². The average molecular weight is 247 g/mol. The lowest BCUT2D eigenvalue weighted by Gasteiger charge is -2.12. The SMILES string of the molecule is CCCCCCCC(C)/[N+]([O-])=C/c1ccccc1. The van der Waals surface area contributed by atoms with Crippen LogP contribution in [0.5, 0.6) is 0 Å². The van der Waals surface area contributed by atoms with Crippen molar-refractivity contribution in [1.29, 1.82) is 0 Å². The fraction of sp³-hybridized carbons (Fsp3) is 0.562. The third-order valence-electron chi connectivity index (χ3n) is 3.24. The van der Waals surface area contributed by atoms with Crippen LogP contribution in [-0.2, 0) is 0 Å². The van der Waals surface area contributed by atoms with E-state index in [2.05, 4.69) is 6.92 Å². The van der Waals surface area contributed by atoms with Crippen LogP contribution in [0.15, 0.2) is 30.3 Å². The summed E-state index contributed by atoms with van der Waals surface area (Å²) < 4.78 is 1.09. The minimum atomic E-state index is 0.0758. The highest BCUT2D eigenvalue weighted by molar-refractivity contribution is 5.75. The molecule has 18 heavy (non-hydrogen) atoms. The van der Waals surface area contributed by atoms with E-state index in [1.807, 2.05) is 37.3 Å². The van der Waals surface area contributed by atoms with Gasteiger partial charge in [-0.2, -0.15) is 0 Å². The Bertz CT molecular complexity index is 345. The van der Waals surface area contributed by atoms with E-state index in [1.165, 1.54) is 25.7 Å². The van der Waals surface area contributed by atoms with Crippen LogP contribution in [0.25, 0.3) is 0 Å². The minimum absolute atomic E-state index is 0.0758. The van der Waals surface area contributed by atoms with Gasteiger partial charge in [0, 0.05) is 12.0 Å². The Morgan fingerprint density at radius 1 is 1.11 bits per heavy atom. The summed E-state index contributed by atoms with van der Waals surface area (Å²) in [7, 11) is 0. The molecule has 0 N–H and O–H groups in total. The standard InChI is InChI=1S/C16H25NO/c1-3-4-5-6-8-11-15(2)17(18)14-16-12-9-7-10-13-16/h7,9-10,12-15H,3-6,8,11H2,1-2H3/b17-14-. The maximum atomic E-state index is 11.9. The van der Waals surface area contributed by atoms with Crippen molar-refractivity contribution < 1.29 is 4.74 Å². The van der Waals surface area contributed by atoms with Crippen molar-refractivity contribution in [2.24, 2.45) is 0 Å². The van der Waals surface area contributed by atoms with Crippen LogP contribution in [0.2, 0.25) is 0 Å². The van der Waals surface area contributed by atoms with Gasteiger partial charge in [0.2, 0.25) is 0 Å². The average Bonchev–Trinajstić information content (AvgIpc) is 2.39. The lowest BCUT2D eigenvalue weighted by atomic mass is 10.1. The van der Waals surface area contributed by atoms with Gasteiger partial charge in [-0.3, -0.25) is 0 Å². The molecule has 0 amide bonds. The molecule has 0 aliphatic rings. The second kappa shape index (κ2) is 8.73. The zero-order valence-electron chi connectivity index (χ0n) is 11.6. The molecule has 0 fully saturated rings. The van der Waals surface area contributed by atoms with E-state index < -0.39 is 0 Å². The van der Waals surface area contributed by atoms with E-state index in [1.54, 1.807) is 6.21 Å². The maximum Gasteiger partial charge on any atom is 0.182 e. The number of unbranched alkanes of at least 4 members (excludes halogenated alkanes) is 4. The molecule has 0 aliphatic heterocycles. The molecular weight excluding hydrogens is 222 g/mol. The maximum absolute atomic E-state index is 11.9. The molecule has 0 spiro atoms. The van der Waals surface area contributed by atoms with Crippen LogP contribution in [0.4, 0.5) is 0 Å². The monoisotopic (exact) mass is 247 g/mol. The van der Waals surface area contributed by atoms with E-state index in [4.69, 9.17) is 0 Å². The molecule has 1 aromatic carbocycles. The first kappa shape index (κ1) is 14.7. The Labute approximate surface area is 111 Å². The lowest BCUT2D eigenvalue weighted by molar-refractivity contribution is -0.493. The molecule has 0 radical (unpaired) electrons. The number of hydrogen-bond acceptors (Lipinski definition) is 1. The highest BCUT2D eigenvalue weighted by Crippen LogP contribution is 2.09. The summed E-state index contributed by atoms with van der Waals surface area (Å²) in [5, 5.41) is 11.9. The number of nitrogens with zero attached hydrogens (tertiary/aromatic N) is 1. The Morgan fingerprint density at radius 3 is 2.44 bits per heavy atom. The predicted octanol–water partition coefficient (Wildman–Crippen LogP) is 4.36. The van der Waals surface area contributed by atoms with Crippen molar-refractivity contribution in [3.63, 3.8) is 0 Å². The first-order valence-corrected chi connectivity index (χ1v) is 7.09. The molecule has 1 atom stereocenters. The summed E-state index contributed by atoms with van der Waals surface area (Å²) in [6, 6.07) is 9.86. The molecule has 1 unspecified atom stereocenters. The second-order valence-electron chi connectivity index (χ2n) is 4.95. The first-order chi connectivity index (χ1) is 8.74. The fourth-order valence-corrected chi connectivity index (χ4v) is 1.98. The van der Waals surface area contributed by atoms with Crippen LogP contribution in [0.1, 0.15) is 57.9 Å². The number of hydrogen-bond donors (Lipinski definition) is 0. The summed E-state index contributed by atoms with van der Waals surface area (Å²) in [6.45, 7) is 4.23. The van der Waals surface area contributed by atoms with Crippen LogP contribution in [-0.4, -0.2) is 17.0 Å². The summed E-state index contributed by atoms with van der Waals surface area (Å²) in [5.74, 6) is 0. The molecule has 2 heteroatoms. The van der Waals surface area contributed by atoms with Gasteiger partial charge >= 0.3 is 0 Å². The normalized spacial score (nSPS) is 13.6. The van der Waals surface area contributed by atoms with Gasteiger partial charge in [0.1, 0.15) is 0 Å². The molecule has 1 aromatic rings. The van der Waals surface area contributed by atoms with E-state index in [0.29, 0.717) is 0 Å². The summed E-state index contributed by atoms with van der Waals surface area (Å²) in [4.78, 5) is 0. The summed E-state index contributed by atoms with van der Waals surface area (Å²) in [6.07, 6.45) is 8.95. The number of rotatable bonds is 8. The van der Waals surface area contributed by atoms with Crippen molar-refractivity contribution in [2.45, 2.75) is 58.4 Å². The highest BCUT2D eigenvalue weighted by atomic mass is 16.5. The first-order valence-electron chi connectivity index (χ1n) is 7.09. The van der Waals surface area contributed by atoms with Crippen LogP contribution in [0, 0.1) is 5.21 Å². The molecule has 2 nitrogen and oxygen atoms in total. The van der Waals surface area contributed by atoms with Crippen LogP contribution in [0.3, 0.4) is 0 Å². The highest BCUT2D eigenvalue weighted by Gasteiger charge is 2.08. The molecule has 0 aliphatic carbocycles. The largest absolute Gasteiger partial charge is 0.624 e. The van der Waals surface area contributed by atoms with Gasteiger partial charge in [-0.25, -0.2) is 4.74 Å². The minimum Gasteiger partial charge on any atom is -0.624 e. The third kappa shape index (κ3) is 5.85. The molecule has 0 aromatic heterocycles. The van der Waals surface area contributed by atoms with Gasteiger partial charge in [0.25, 0.3) is 0 Å². The number of hydroxylamine groups is 1. The Kier molecular flexibility index (Phi) is 7.16. The van der Waals surface area contributed by atoms with E-state index in [-0.39, 0.29) is 6.04 Å². The predicted molar refractivity (Wildman–Crippen MR) is 78.1 cm³/mol. The second-order valence-corrected chi connectivity index (χ2v) is 4.95. The van der Waals surface area contributed by atoms with Crippen molar-refractivity contribution in [1.82, 2.24) is 0 Å². The summed E-state index contributed by atoms with van der Waals surface area (Å²) in [5.41, 5.74) is 0.977. The van der Waals surface area contributed by atoms with Gasteiger partial charge < -0.3 is 5.21 Å². The van der Waals surface area contributed by atoms with E-state index in [9.17, 15) is 5.21 Å². The van der Waals surface area contributed by atoms with Gasteiger partial charge in [-0.05, 0) is 25.5 Å². The molecule has 0 heterocycles. The topological polar surface area (TPSA) is 26.1 Å². The van der Waals surface area contributed by atoms with Gasteiger partial charge in [0.15, 0.2) is 12.3 Å². The Hall–Kier alpha value is -1.31. The smallest absolute Gasteiger partial charge is 0.182 e. The van der Waals surface area contributed by atoms with Gasteiger partial charge in [0.05, 0.1) is 0 Å². The number of benzene rings is 1. The van der Waals surface area contributed by atoms with Crippen LogP contribution < -0.4 is 0 Å². The lowest BCUT2D eigenvalue weighted by Crippen LogP contribution is -2.19. The van der Waals surface area contributed by atoms with Crippen molar-refractivity contribution in [3.8, 4) is 0 Å². The molecule has 100 valence electrons.